The maximum atomic E-state index is 14.5. The number of aryl methyl sites for hydroxylation is 2. The maximum absolute atomic E-state index is 14.5. The summed E-state index contributed by atoms with van der Waals surface area (Å²) < 4.78 is 68.4. The first kappa shape index (κ1) is 22.3. The first-order valence-electron chi connectivity index (χ1n) is 10.3. The molecule has 0 spiro atoms. The highest BCUT2D eigenvalue weighted by atomic mass is 19.4. The zero-order chi connectivity index (χ0) is 23.4. The van der Waals surface area contributed by atoms with Crippen LogP contribution in [-0.2, 0) is 11.0 Å². The van der Waals surface area contributed by atoms with Crippen molar-refractivity contribution in [3.05, 3.63) is 70.3 Å². The monoisotopic (exact) mass is 450 g/mol. The van der Waals surface area contributed by atoms with E-state index in [4.69, 9.17) is 0 Å². The van der Waals surface area contributed by atoms with Gasteiger partial charge >= 0.3 is 12.1 Å². The van der Waals surface area contributed by atoms with Crippen LogP contribution < -0.4 is 4.90 Å². The topological polar surface area (TPSA) is 23.6 Å². The summed E-state index contributed by atoms with van der Waals surface area (Å²) in [6, 6.07) is 9.84. The van der Waals surface area contributed by atoms with E-state index in [2.05, 4.69) is 0 Å². The van der Waals surface area contributed by atoms with Crippen molar-refractivity contribution in [2.45, 2.75) is 38.9 Å². The number of hydrogen-bond acceptors (Lipinski definition) is 2. The lowest BCUT2D eigenvalue weighted by atomic mass is 10.1. The molecule has 1 fully saturated rings. The van der Waals surface area contributed by atoms with Gasteiger partial charge in [0.2, 0.25) is 0 Å². The lowest BCUT2D eigenvalue weighted by Gasteiger charge is -2.42. The largest absolute Gasteiger partial charge is 0.416 e. The van der Waals surface area contributed by atoms with E-state index in [1.807, 2.05) is 6.92 Å². The number of allylic oxidation sites excluding steroid dienone is 1. The summed E-state index contributed by atoms with van der Waals surface area (Å²) in [5, 5.41) is 0. The van der Waals surface area contributed by atoms with Crippen LogP contribution in [0.25, 0.3) is 5.57 Å². The third-order valence-electron chi connectivity index (χ3n) is 6.13. The maximum Gasteiger partial charge on any atom is 0.416 e. The summed E-state index contributed by atoms with van der Waals surface area (Å²) in [5.74, 6) is -3.97. The molecule has 0 aromatic heterocycles. The van der Waals surface area contributed by atoms with Crippen molar-refractivity contribution in [1.82, 2.24) is 4.90 Å². The molecular formula is C24H23F5N2O. The van der Waals surface area contributed by atoms with Gasteiger partial charge in [-0.1, -0.05) is 35.9 Å². The molecule has 4 rings (SSSR count). The Kier molecular flexibility index (Phi) is 5.30. The Bertz CT molecular complexity index is 1090. The quantitative estimate of drug-likeness (QED) is 0.580. The average Bonchev–Trinajstić information content (AvgIpc) is 3.29. The van der Waals surface area contributed by atoms with Gasteiger partial charge in [0.25, 0.3) is 5.91 Å². The van der Waals surface area contributed by atoms with E-state index in [1.165, 1.54) is 11.0 Å². The van der Waals surface area contributed by atoms with Gasteiger partial charge in [0.05, 0.1) is 5.56 Å². The fourth-order valence-electron chi connectivity index (χ4n) is 4.28. The van der Waals surface area contributed by atoms with Crippen molar-refractivity contribution in [2.75, 3.05) is 24.5 Å². The van der Waals surface area contributed by atoms with Crippen molar-refractivity contribution in [3.8, 4) is 0 Å². The van der Waals surface area contributed by atoms with Crippen molar-refractivity contribution in [3.63, 3.8) is 0 Å². The molecule has 0 saturated carbocycles. The predicted octanol–water partition coefficient (Wildman–Crippen LogP) is 5.46. The molecule has 3 nitrogen and oxygen atoms in total. The minimum atomic E-state index is -4.46. The molecule has 170 valence electrons. The molecule has 0 radical (unpaired) electrons. The molecule has 1 unspecified atom stereocenters. The van der Waals surface area contributed by atoms with Gasteiger partial charge in [-0.2, -0.15) is 22.0 Å². The number of alkyl halides is 5. The summed E-state index contributed by atoms with van der Waals surface area (Å²) >= 11 is 0. The molecule has 1 aliphatic heterocycles. The van der Waals surface area contributed by atoms with Gasteiger partial charge in [0.15, 0.2) is 0 Å². The molecule has 2 aromatic rings. The van der Waals surface area contributed by atoms with Crippen LogP contribution in [-0.4, -0.2) is 42.4 Å². The number of carbonyl (C=O) groups is 1. The molecule has 2 aliphatic rings. The highest BCUT2D eigenvalue weighted by Gasteiger charge is 2.61. The molecule has 0 bridgehead atoms. The number of carbonyl (C=O) groups excluding carboxylic acids is 1. The van der Waals surface area contributed by atoms with Gasteiger partial charge in [-0.05, 0) is 44.0 Å². The highest BCUT2D eigenvalue weighted by Crippen LogP contribution is 2.55. The number of halogens is 5. The fraction of sp³-hybridized carbons (Fsp3) is 0.375. The molecular weight excluding hydrogens is 427 g/mol. The van der Waals surface area contributed by atoms with E-state index in [9.17, 15) is 26.7 Å². The third kappa shape index (κ3) is 3.87. The first-order valence-corrected chi connectivity index (χ1v) is 10.3. The van der Waals surface area contributed by atoms with Gasteiger partial charge < -0.3 is 9.80 Å². The fourth-order valence-corrected chi connectivity index (χ4v) is 4.28. The summed E-state index contributed by atoms with van der Waals surface area (Å²) in [5.41, 5.74) is 0.910. The van der Waals surface area contributed by atoms with Crippen molar-refractivity contribution in [1.29, 1.82) is 0 Å². The zero-order valence-electron chi connectivity index (χ0n) is 17.9. The first-order chi connectivity index (χ1) is 14.9. The third-order valence-corrected chi connectivity index (χ3v) is 6.13. The van der Waals surface area contributed by atoms with Gasteiger partial charge in [-0.25, -0.2) is 0 Å². The molecule has 1 heterocycles. The van der Waals surface area contributed by atoms with Crippen LogP contribution in [0.1, 0.15) is 29.2 Å². The van der Waals surface area contributed by atoms with E-state index < -0.39 is 29.1 Å². The second kappa shape index (κ2) is 7.60. The van der Waals surface area contributed by atoms with E-state index in [0.29, 0.717) is 16.8 Å². The van der Waals surface area contributed by atoms with Gasteiger partial charge in [-0.3, -0.25) is 4.79 Å². The number of anilines is 1. The number of piperazine rings is 1. The van der Waals surface area contributed by atoms with Crippen LogP contribution in [0, 0.1) is 13.8 Å². The van der Waals surface area contributed by atoms with Crippen LogP contribution in [0.5, 0.6) is 0 Å². The van der Waals surface area contributed by atoms with Crippen LogP contribution in [0.15, 0.2) is 48.0 Å². The van der Waals surface area contributed by atoms with E-state index in [1.54, 1.807) is 43.0 Å². The Hall–Kier alpha value is -2.90. The highest BCUT2D eigenvalue weighted by molar-refractivity contribution is 6.16. The second-order valence-electron chi connectivity index (χ2n) is 8.48. The molecule has 1 amide bonds. The Labute approximate surface area is 183 Å². The van der Waals surface area contributed by atoms with Crippen LogP contribution in [0.2, 0.25) is 0 Å². The molecule has 1 aliphatic carbocycles. The van der Waals surface area contributed by atoms with E-state index >= 15 is 0 Å². The normalized spacial score (nSPS) is 20.6. The van der Waals surface area contributed by atoms with Crippen molar-refractivity contribution >= 4 is 17.2 Å². The van der Waals surface area contributed by atoms with Gasteiger partial charge in [0.1, 0.15) is 5.57 Å². The number of rotatable bonds is 3. The number of benzene rings is 2. The summed E-state index contributed by atoms with van der Waals surface area (Å²) in [6.07, 6.45) is -4.46. The minimum absolute atomic E-state index is 0.148. The lowest BCUT2D eigenvalue weighted by molar-refractivity contribution is -0.137. The van der Waals surface area contributed by atoms with Crippen LogP contribution >= 0.6 is 0 Å². The average molecular weight is 450 g/mol. The molecule has 1 saturated heterocycles. The van der Waals surface area contributed by atoms with Crippen LogP contribution in [0.4, 0.5) is 27.6 Å². The van der Waals surface area contributed by atoms with Gasteiger partial charge in [0, 0.05) is 36.9 Å². The summed E-state index contributed by atoms with van der Waals surface area (Å²) in [4.78, 5) is 16.1. The molecule has 32 heavy (non-hydrogen) atoms. The number of amides is 1. The summed E-state index contributed by atoms with van der Waals surface area (Å²) in [7, 11) is 0. The molecule has 1 atom stereocenters. The Morgan fingerprint density at radius 1 is 1.03 bits per heavy atom. The number of nitrogens with zero attached hydrogens (tertiary/aromatic N) is 2. The Balaban J connectivity index is 1.53. The predicted molar refractivity (Wildman–Crippen MR) is 113 cm³/mol. The summed E-state index contributed by atoms with van der Waals surface area (Å²) in [6.45, 7) is 5.91. The minimum Gasteiger partial charge on any atom is -0.365 e. The molecule has 2 aromatic carbocycles. The van der Waals surface area contributed by atoms with Gasteiger partial charge in [-0.15, -0.1) is 0 Å². The SMILES string of the molecule is Cc1ccc(C2=C(C(=O)N3CCN(c4cc(C(F)(F)F)ccc4C)C(C)C3)C2(F)F)cc1. The number of hydrogen-bond donors (Lipinski definition) is 0. The Morgan fingerprint density at radius 3 is 2.28 bits per heavy atom. The van der Waals surface area contributed by atoms with Crippen molar-refractivity contribution < 1.29 is 26.7 Å². The molecule has 8 heteroatoms. The van der Waals surface area contributed by atoms with E-state index in [-0.39, 0.29) is 31.2 Å². The zero-order valence-corrected chi connectivity index (χ0v) is 17.9. The molecule has 0 N–H and O–H groups in total. The van der Waals surface area contributed by atoms with E-state index in [0.717, 1.165) is 17.7 Å². The van der Waals surface area contributed by atoms with Crippen LogP contribution in [0.3, 0.4) is 0 Å². The Morgan fingerprint density at radius 2 is 1.69 bits per heavy atom. The van der Waals surface area contributed by atoms with Crippen molar-refractivity contribution in [2.24, 2.45) is 0 Å². The smallest absolute Gasteiger partial charge is 0.365 e. The standard InChI is InChI=1S/C24H23F5N2O/c1-14-4-7-17(8-5-14)20-21(23(20,25)26)22(32)30-10-11-31(16(3)13-30)19-12-18(24(27,28)29)9-6-15(19)2/h4-9,12,16H,10-11,13H2,1-3H3. The lowest BCUT2D eigenvalue weighted by Crippen LogP contribution is -2.54. The second-order valence-corrected chi connectivity index (χ2v) is 8.48.